The summed E-state index contributed by atoms with van der Waals surface area (Å²) in [7, 11) is 0. The van der Waals surface area contributed by atoms with Gasteiger partial charge in [-0.2, -0.15) is 5.26 Å². The summed E-state index contributed by atoms with van der Waals surface area (Å²) in [6.07, 6.45) is 2.05. The van der Waals surface area contributed by atoms with Crippen molar-refractivity contribution in [2.45, 2.75) is 24.7 Å². The summed E-state index contributed by atoms with van der Waals surface area (Å²) < 4.78 is 11.4. The Hall–Kier alpha value is -4.11. The highest BCUT2D eigenvalue weighted by Gasteiger charge is 2.42. The van der Waals surface area contributed by atoms with Crippen LogP contribution in [0.2, 0.25) is 0 Å². The van der Waals surface area contributed by atoms with Crippen molar-refractivity contribution in [1.82, 2.24) is 0 Å². The molecule has 31 heavy (non-hydrogen) atoms. The predicted octanol–water partition coefficient (Wildman–Crippen LogP) is 4.00. The van der Waals surface area contributed by atoms with Crippen LogP contribution in [0.4, 0.5) is 0 Å². The normalized spacial score (nSPS) is 20.9. The van der Waals surface area contributed by atoms with Gasteiger partial charge in [0.15, 0.2) is 11.2 Å². The zero-order chi connectivity index (χ0) is 21.5. The van der Waals surface area contributed by atoms with Crippen molar-refractivity contribution >= 4 is 16.8 Å². The number of nitrogens with zero attached hydrogens (tertiary/aromatic N) is 1. The first-order chi connectivity index (χ1) is 15.1. The first-order valence-corrected chi connectivity index (χ1v) is 9.97. The summed E-state index contributed by atoms with van der Waals surface area (Å²) in [5, 5.41) is 10.2. The number of nitrogens with two attached hydrogens (primary N) is 1. The Kier molecular flexibility index (Phi) is 4.45. The van der Waals surface area contributed by atoms with E-state index in [1.165, 1.54) is 6.26 Å². The first-order valence-electron chi connectivity index (χ1n) is 9.97. The number of carbonyl (C=O) groups is 1. The van der Waals surface area contributed by atoms with Crippen molar-refractivity contribution in [3.63, 3.8) is 0 Å². The summed E-state index contributed by atoms with van der Waals surface area (Å²) in [5.74, 6) is -0.788. The van der Waals surface area contributed by atoms with Gasteiger partial charge in [0, 0.05) is 24.0 Å². The molecular formula is C25H18N2O4. The van der Waals surface area contributed by atoms with Gasteiger partial charge in [0.25, 0.3) is 0 Å². The van der Waals surface area contributed by atoms with Gasteiger partial charge in [-0.3, -0.25) is 9.59 Å². The standard InChI is InChI=1S/C25H18N2O4/c26-12-17-22(18-13-30-20-9-5-4-8-16(20)24(18)29)23-19(28)10-15(11-21(23)31-25(17)27)14-6-2-1-3-7-14/h1-9,13,15,22H,10-11,27H2/t15-,22-/m0/s1. The molecule has 1 aliphatic heterocycles. The molecule has 0 amide bonds. The van der Waals surface area contributed by atoms with Crippen LogP contribution in [0.25, 0.3) is 11.0 Å². The number of fused-ring (bicyclic) bond motifs is 1. The molecular weight excluding hydrogens is 392 g/mol. The molecule has 6 heteroatoms. The quantitative estimate of drug-likeness (QED) is 0.684. The van der Waals surface area contributed by atoms with E-state index in [0.29, 0.717) is 28.7 Å². The van der Waals surface area contributed by atoms with Crippen LogP contribution in [0.3, 0.4) is 0 Å². The van der Waals surface area contributed by atoms with E-state index in [1.54, 1.807) is 24.3 Å². The van der Waals surface area contributed by atoms with Crippen molar-refractivity contribution in [3.05, 3.63) is 105 Å². The zero-order valence-corrected chi connectivity index (χ0v) is 16.5. The highest BCUT2D eigenvalue weighted by Crippen LogP contribution is 2.46. The van der Waals surface area contributed by atoms with E-state index in [1.807, 2.05) is 36.4 Å². The third-order valence-corrected chi connectivity index (χ3v) is 5.95. The number of rotatable bonds is 2. The predicted molar refractivity (Wildman–Crippen MR) is 114 cm³/mol. The fraction of sp³-hybridized carbons (Fsp3) is 0.160. The number of ketones is 1. The van der Waals surface area contributed by atoms with Crippen LogP contribution in [0.15, 0.2) is 92.9 Å². The zero-order valence-electron chi connectivity index (χ0n) is 16.5. The van der Waals surface area contributed by atoms with Gasteiger partial charge in [-0.15, -0.1) is 0 Å². The Morgan fingerprint density at radius 3 is 2.52 bits per heavy atom. The fourth-order valence-electron chi connectivity index (χ4n) is 4.47. The Morgan fingerprint density at radius 2 is 1.74 bits per heavy atom. The third kappa shape index (κ3) is 3.03. The number of allylic oxidation sites excluding steroid dienone is 3. The Labute approximate surface area is 177 Å². The molecule has 2 N–H and O–H groups in total. The number of hydrogen-bond acceptors (Lipinski definition) is 6. The van der Waals surface area contributed by atoms with Gasteiger partial charge in [0.1, 0.15) is 23.0 Å². The van der Waals surface area contributed by atoms with Crippen molar-refractivity contribution in [2.24, 2.45) is 5.73 Å². The molecule has 0 bridgehead atoms. The molecule has 5 rings (SSSR count). The summed E-state index contributed by atoms with van der Waals surface area (Å²) in [6.45, 7) is 0. The van der Waals surface area contributed by atoms with Crippen LogP contribution in [-0.2, 0) is 9.53 Å². The van der Waals surface area contributed by atoms with Gasteiger partial charge in [-0.25, -0.2) is 0 Å². The summed E-state index contributed by atoms with van der Waals surface area (Å²) in [4.78, 5) is 26.6. The highest BCUT2D eigenvalue weighted by molar-refractivity contribution is 6.00. The van der Waals surface area contributed by atoms with E-state index in [0.717, 1.165) is 5.56 Å². The lowest BCUT2D eigenvalue weighted by molar-refractivity contribution is -0.117. The lowest BCUT2D eigenvalue weighted by Crippen LogP contribution is -2.31. The second kappa shape index (κ2) is 7.29. The monoisotopic (exact) mass is 410 g/mol. The number of para-hydroxylation sites is 1. The average Bonchev–Trinajstić information content (AvgIpc) is 2.79. The molecule has 0 radical (unpaired) electrons. The van der Waals surface area contributed by atoms with Gasteiger partial charge in [-0.1, -0.05) is 42.5 Å². The first kappa shape index (κ1) is 18.9. The van der Waals surface area contributed by atoms with E-state index in [2.05, 4.69) is 0 Å². The second-order valence-corrected chi connectivity index (χ2v) is 7.72. The fourth-order valence-corrected chi connectivity index (χ4v) is 4.47. The lowest BCUT2D eigenvalue weighted by atomic mass is 9.74. The topological polar surface area (TPSA) is 106 Å². The van der Waals surface area contributed by atoms with E-state index < -0.39 is 5.92 Å². The third-order valence-electron chi connectivity index (χ3n) is 5.95. The van der Waals surface area contributed by atoms with Crippen LogP contribution in [0.1, 0.15) is 35.8 Å². The Balaban J connectivity index is 1.67. The van der Waals surface area contributed by atoms with Crippen LogP contribution in [-0.4, -0.2) is 5.78 Å². The van der Waals surface area contributed by atoms with E-state index in [9.17, 15) is 14.9 Å². The van der Waals surface area contributed by atoms with E-state index in [-0.39, 0.29) is 40.6 Å². The summed E-state index contributed by atoms with van der Waals surface area (Å²) in [6, 6.07) is 18.6. The Morgan fingerprint density at radius 1 is 1.00 bits per heavy atom. The van der Waals surface area contributed by atoms with Crippen LogP contribution < -0.4 is 11.2 Å². The molecule has 0 spiro atoms. The molecule has 1 aliphatic carbocycles. The van der Waals surface area contributed by atoms with E-state index >= 15 is 0 Å². The number of benzene rings is 2. The van der Waals surface area contributed by atoms with Gasteiger partial charge >= 0.3 is 0 Å². The van der Waals surface area contributed by atoms with Gasteiger partial charge < -0.3 is 14.9 Å². The molecule has 1 aromatic heterocycles. The minimum atomic E-state index is -0.904. The SMILES string of the molecule is N#CC1=C(N)OC2=C(C(=O)C[C@H](c3ccccc3)C2)[C@@H]1c1coc2ccccc2c1=O. The molecule has 3 aromatic rings. The molecule has 6 nitrogen and oxygen atoms in total. The molecule has 0 unspecified atom stereocenters. The van der Waals surface area contributed by atoms with Crippen molar-refractivity contribution < 1.29 is 13.9 Å². The summed E-state index contributed by atoms with van der Waals surface area (Å²) >= 11 is 0. The molecule has 152 valence electrons. The summed E-state index contributed by atoms with van der Waals surface area (Å²) in [5.41, 5.74) is 7.82. The lowest BCUT2D eigenvalue weighted by Gasteiger charge is -2.33. The van der Waals surface area contributed by atoms with Crippen molar-refractivity contribution in [1.29, 1.82) is 5.26 Å². The smallest absolute Gasteiger partial charge is 0.205 e. The number of carbonyl (C=O) groups excluding carboxylic acids is 1. The largest absolute Gasteiger partial charge is 0.464 e. The number of nitriles is 1. The minimum absolute atomic E-state index is 0.0489. The molecule has 0 saturated heterocycles. The molecule has 0 fully saturated rings. The van der Waals surface area contributed by atoms with Crippen LogP contribution >= 0.6 is 0 Å². The molecule has 2 heterocycles. The second-order valence-electron chi connectivity index (χ2n) is 7.72. The number of ether oxygens (including phenoxy) is 1. The van der Waals surface area contributed by atoms with Gasteiger partial charge in [0.05, 0.1) is 17.6 Å². The molecule has 2 aliphatic rings. The number of Topliss-reactive ketones (excluding diaryl/α,β-unsaturated/α-hetero) is 1. The van der Waals surface area contributed by atoms with Crippen molar-refractivity contribution in [2.75, 3.05) is 0 Å². The maximum Gasteiger partial charge on any atom is 0.205 e. The average molecular weight is 410 g/mol. The van der Waals surface area contributed by atoms with Crippen LogP contribution in [0, 0.1) is 11.3 Å². The molecule has 2 atom stereocenters. The minimum Gasteiger partial charge on any atom is -0.464 e. The maximum atomic E-state index is 13.3. The Bertz CT molecular complexity index is 1380. The van der Waals surface area contributed by atoms with E-state index in [4.69, 9.17) is 14.9 Å². The van der Waals surface area contributed by atoms with Crippen molar-refractivity contribution in [3.8, 4) is 6.07 Å². The maximum absolute atomic E-state index is 13.3. The van der Waals surface area contributed by atoms with Gasteiger partial charge in [0.2, 0.25) is 5.88 Å². The molecule has 0 saturated carbocycles. The van der Waals surface area contributed by atoms with Gasteiger partial charge in [-0.05, 0) is 23.6 Å². The van der Waals surface area contributed by atoms with Crippen LogP contribution in [0.5, 0.6) is 0 Å². The highest BCUT2D eigenvalue weighted by atomic mass is 16.5. The number of hydrogen-bond donors (Lipinski definition) is 1. The molecule has 2 aromatic carbocycles.